The predicted molar refractivity (Wildman–Crippen MR) is 76.6 cm³/mol. The van der Waals surface area contributed by atoms with Crippen molar-refractivity contribution in [1.29, 1.82) is 0 Å². The minimum atomic E-state index is 0.117. The van der Waals surface area contributed by atoms with Gasteiger partial charge in [-0.05, 0) is 49.4 Å². The van der Waals surface area contributed by atoms with Gasteiger partial charge in [-0.3, -0.25) is 4.79 Å². The number of ketones is 1. The van der Waals surface area contributed by atoms with E-state index in [9.17, 15) is 4.79 Å². The van der Waals surface area contributed by atoms with Crippen LogP contribution in [0.4, 0.5) is 5.69 Å². The first-order valence-electron chi connectivity index (χ1n) is 6.92. The fourth-order valence-corrected chi connectivity index (χ4v) is 2.82. The average molecular weight is 245 g/mol. The van der Waals surface area contributed by atoms with Crippen molar-refractivity contribution < 1.29 is 4.79 Å². The fourth-order valence-electron chi connectivity index (χ4n) is 2.82. The Hall–Kier alpha value is -1.31. The zero-order valence-corrected chi connectivity index (χ0v) is 11.9. The lowest BCUT2D eigenvalue weighted by atomic mass is 9.72. The summed E-state index contributed by atoms with van der Waals surface area (Å²) in [6.45, 7) is 10.8. The molecule has 0 saturated carbocycles. The van der Waals surface area contributed by atoms with Crippen molar-refractivity contribution in [2.75, 3.05) is 18.0 Å². The molecule has 1 aromatic carbocycles. The molecule has 2 rings (SSSR count). The monoisotopic (exact) mass is 245 g/mol. The highest BCUT2D eigenvalue weighted by molar-refractivity contribution is 5.99. The molecule has 2 nitrogen and oxygen atoms in total. The molecule has 0 amide bonds. The summed E-state index contributed by atoms with van der Waals surface area (Å²) in [5, 5.41) is 0. The molecule has 98 valence electrons. The number of anilines is 1. The van der Waals surface area contributed by atoms with Gasteiger partial charge in [0.05, 0.1) is 0 Å². The van der Waals surface area contributed by atoms with Gasteiger partial charge in [0.2, 0.25) is 0 Å². The third kappa shape index (κ3) is 2.16. The van der Waals surface area contributed by atoms with Crippen molar-refractivity contribution in [3.8, 4) is 0 Å². The maximum absolute atomic E-state index is 12.0. The van der Waals surface area contributed by atoms with Gasteiger partial charge in [0.25, 0.3) is 0 Å². The Labute approximate surface area is 110 Å². The molecular weight excluding hydrogens is 222 g/mol. The molecule has 0 atom stereocenters. The van der Waals surface area contributed by atoms with E-state index in [1.165, 1.54) is 11.3 Å². The van der Waals surface area contributed by atoms with Crippen molar-refractivity contribution >= 4 is 11.5 Å². The standard InChI is InChI=1S/C16H23NO/c1-5-17(6-2)12-7-8-13-14(11-12)16(3,4)10-9-15(13)18/h7-8,11H,5-6,9-10H2,1-4H3. The summed E-state index contributed by atoms with van der Waals surface area (Å²) in [7, 11) is 0. The van der Waals surface area contributed by atoms with Crippen LogP contribution < -0.4 is 4.90 Å². The zero-order chi connectivity index (χ0) is 13.3. The van der Waals surface area contributed by atoms with E-state index < -0.39 is 0 Å². The van der Waals surface area contributed by atoms with E-state index in [0.717, 1.165) is 25.1 Å². The second kappa shape index (κ2) is 4.75. The van der Waals surface area contributed by atoms with Crippen LogP contribution in [-0.4, -0.2) is 18.9 Å². The molecule has 0 radical (unpaired) electrons. The van der Waals surface area contributed by atoms with Gasteiger partial charge in [-0.1, -0.05) is 13.8 Å². The highest BCUT2D eigenvalue weighted by Gasteiger charge is 2.31. The molecule has 0 saturated heterocycles. The number of carbonyl (C=O) groups excluding carboxylic acids is 1. The summed E-state index contributed by atoms with van der Waals surface area (Å²) in [4.78, 5) is 14.3. The summed E-state index contributed by atoms with van der Waals surface area (Å²) >= 11 is 0. The lowest BCUT2D eigenvalue weighted by Crippen LogP contribution is -2.29. The van der Waals surface area contributed by atoms with Gasteiger partial charge in [0, 0.05) is 30.8 Å². The van der Waals surface area contributed by atoms with Crippen LogP contribution in [0.2, 0.25) is 0 Å². The second-order valence-electron chi connectivity index (χ2n) is 5.71. The van der Waals surface area contributed by atoms with E-state index in [-0.39, 0.29) is 5.41 Å². The Morgan fingerprint density at radius 2 is 1.89 bits per heavy atom. The summed E-state index contributed by atoms with van der Waals surface area (Å²) in [6, 6.07) is 6.33. The molecule has 18 heavy (non-hydrogen) atoms. The van der Waals surface area contributed by atoms with Crippen LogP contribution in [0.1, 0.15) is 56.5 Å². The third-order valence-electron chi connectivity index (χ3n) is 4.14. The molecule has 0 aliphatic heterocycles. The first-order chi connectivity index (χ1) is 8.49. The van der Waals surface area contributed by atoms with Crippen LogP contribution in [0.25, 0.3) is 0 Å². The molecule has 2 heteroatoms. The predicted octanol–water partition coefficient (Wildman–Crippen LogP) is 3.79. The molecule has 1 aromatic rings. The summed E-state index contributed by atoms with van der Waals surface area (Å²) in [6.07, 6.45) is 1.64. The fraction of sp³-hybridized carbons (Fsp3) is 0.562. The first kappa shape index (κ1) is 13.1. The Morgan fingerprint density at radius 3 is 2.50 bits per heavy atom. The van der Waals surface area contributed by atoms with Crippen LogP contribution in [0.15, 0.2) is 18.2 Å². The molecule has 1 aliphatic carbocycles. The van der Waals surface area contributed by atoms with Crippen LogP contribution in [0, 0.1) is 0 Å². The largest absolute Gasteiger partial charge is 0.372 e. The molecule has 0 bridgehead atoms. The summed E-state index contributed by atoms with van der Waals surface area (Å²) in [5.74, 6) is 0.301. The van der Waals surface area contributed by atoms with Gasteiger partial charge >= 0.3 is 0 Å². The van der Waals surface area contributed by atoms with E-state index in [4.69, 9.17) is 0 Å². The van der Waals surface area contributed by atoms with Crippen molar-refractivity contribution in [2.45, 2.75) is 46.0 Å². The Bertz CT molecular complexity index is 458. The summed E-state index contributed by atoms with van der Waals surface area (Å²) < 4.78 is 0. The molecule has 0 heterocycles. The van der Waals surface area contributed by atoms with Crippen LogP contribution in [0.5, 0.6) is 0 Å². The van der Waals surface area contributed by atoms with Crippen LogP contribution in [0.3, 0.4) is 0 Å². The second-order valence-corrected chi connectivity index (χ2v) is 5.71. The number of fused-ring (bicyclic) bond motifs is 1. The Kier molecular flexibility index (Phi) is 3.47. The van der Waals surface area contributed by atoms with Crippen molar-refractivity contribution in [2.24, 2.45) is 0 Å². The Balaban J connectivity index is 2.49. The molecular formula is C16H23NO. The average Bonchev–Trinajstić information content (AvgIpc) is 2.36. The van der Waals surface area contributed by atoms with E-state index >= 15 is 0 Å². The van der Waals surface area contributed by atoms with Gasteiger partial charge < -0.3 is 4.90 Å². The smallest absolute Gasteiger partial charge is 0.163 e. The van der Waals surface area contributed by atoms with Crippen LogP contribution >= 0.6 is 0 Å². The first-order valence-corrected chi connectivity index (χ1v) is 6.92. The lowest BCUT2D eigenvalue weighted by Gasteiger charge is -2.33. The molecule has 0 spiro atoms. The molecule has 0 aromatic heterocycles. The molecule has 0 fully saturated rings. The van der Waals surface area contributed by atoms with Crippen LogP contribution in [-0.2, 0) is 5.41 Å². The lowest BCUT2D eigenvalue weighted by molar-refractivity contribution is 0.0957. The van der Waals surface area contributed by atoms with Gasteiger partial charge in [-0.25, -0.2) is 0 Å². The zero-order valence-electron chi connectivity index (χ0n) is 11.9. The quantitative estimate of drug-likeness (QED) is 0.807. The summed E-state index contributed by atoms with van der Waals surface area (Å²) in [5.41, 5.74) is 3.51. The third-order valence-corrected chi connectivity index (χ3v) is 4.14. The molecule has 0 N–H and O–H groups in total. The molecule has 0 unspecified atom stereocenters. The number of carbonyl (C=O) groups is 1. The molecule has 1 aliphatic rings. The minimum Gasteiger partial charge on any atom is -0.372 e. The van der Waals surface area contributed by atoms with E-state index in [2.05, 4.69) is 44.7 Å². The van der Waals surface area contributed by atoms with Crippen molar-refractivity contribution in [3.05, 3.63) is 29.3 Å². The number of benzene rings is 1. The number of nitrogens with zero attached hydrogens (tertiary/aromatic N) is 1. The highest BCUT2D eigenvalue weighted by Crippen LogP contribution is 2.38. The normalized spacial score (nSPS) is 17.4. The number of hydrogen-bond donors (Lipinski definition) is 0. The van der Waals surface area contributed by atoms with E-state index in [0.29, 0.717) is 12.2 Å². The number of hydrogen-bond acceptors (Lipinski definition) is 2. The van der Waals surface area contributed by atoms with Crippen molar-refractivity contribution in [3.63, 3.8) is 0 Å². The maximum Gasteiger partial charge on any atom is 0.163 e. The van der Waals surface area contributed by atoms with E-state index in [1.807, 2.05) is 6.07 Å². The topological polar surface area (TPSA) is 20.3 Å². The van der Waals surface area contributed by atoms with Gasteiger partial charge in [0.1, 0.15) is 0 Å². The van der Waals surface area contributed by atoms with Gasteiger partial charge in [-0.15, -0.1) is 0 Å². The number of rotatable bonds is 3. The number of Topliss-reactive ketones (excluding diaryl/α,β-unsaturated/α-hetero) is 1. The van der Waals surface area contributed by atoms with Gasteiger partial charge in [-0.2, -0.15) is 0 Å². The Morgan fingerprint density at radius 1 is 1.22 bits per heavy atom. The minimum absolute atomic E-state index is 0.117. The SMILES string of the molecule is CCN(CC)c1ccc2c(c1)C(C)(C)CCC2=O. The van der Waals surface area contributed by atoms with Gasteiger partial charge in [0.15, 0.2) is 5.78 Å². The highest BCUT2D eigenvalue weighted by atomic mass is 16.1. The van der Waals surface area contributed by atoms with E-state index in [1.54, 1.807) is 0 Å². The maximum atomic E-state index is 12.0. The van der Waals surface area contributed by atoms with Crippen molar-refractivity contribution in [1.82, 2.24) is 0 Å².